The van der Waals surface area contributed by atoms with E-state index in [-0.39, 0.29) is 29.3 Å². The molecule has 1 aromatic heterocycles. The van der Waals surface area contributed by atoms with Crippen LogP contribution in [0, 0.1) is 18.7 Å². The molecule has 3 unspecified atom stereocenters. The predicted octanol–water partition coefficient (Wildman–Crippen LogP) is 3.05. The van der Waals surface area contributed by atoms with Gasteiger partial charge in [0.05, 0.1) is 17.6 Å². The summed E-state index contributed by atoms with van der Waals surface area (Å²) in [4.78, 5) is 16.0. The fraction of sp³-hybridized carbons (Fsp3) is 0.412. The molecule has 0 radical (unpaired) electrons. The molecule has 1 aliphatic rings. The second-order valence-corrected chi connectivity index (χ2v) is 6.68. The monoisotopic (exact) mass is 386 g/mol. The Labute approximate surface area is 152 Å². The molecule has 3 atom stereocenters. The number of aryl methyl sites for hydroxylation is 1. The zero-order chi connectivity index (χ0) is 20.0. The second kappa shape index (κ2) is 6.61. The van der Waals surface area contributed by atoms with Gasteiger partial charge in [-0.25, -0.2) is 9.37 Å². The van der Waals surface area contributed by atoms with E-state index in [9.17, 15) is 22.4 Å². The number of carbonyl (C=O) groups is 1. The first kappa shape index (κ1) is 19.3. The van der Waals surface area contributed by atoms with E-state index in [1.165, 1.54) is 19.1 Å². The average Bonchev–Trinajstić information content (AvgIpc) is 3.12. The third-order valence-electron chi connectivity index (χ3n) is 4.70. The molecule has 10 heteroatoms. The Hall–Kier alpha value is -2.46. The van der Waals surface area contributed by atoms with Crippen molar-refractivity contribution in [3.05, 3.63) is 47.4 Å². The minimum Gasteiger partial charge on any atom is -0.448 e. The second-order valence-electron chi connectivity index (χ2n) is 6.68. The topological polar surface area (TPSA) is 93.2 Å². The van der Waals surface area contributed by atoms with Crippen molar-refractivity contribution in [1.29, 1.82) is 0 Å². The maximum Gasteiger partial charge on any atom is 0.394 e. The molecule has 2 aromatic rings. The SMILES string of the molecule is Cc1nc(C(=O)Nc2ccc(F)c(C3(C)NC(N)CC3C(F)(F)F)c2)co1. The lowest BCUT2D eigenvalue weighted by Gasteiger charge is -2.34. The summed E-state index contributed by atoms with van der Waals surface area (Å²) in [6.45, 7) is 2.81. The standard InChI is InChI=1S/C17H18F4N4O2/c1-8-23-12(7-27-8)15(26)24-9-3-4-11(18)10(5-9)16(2)13(17(19,20)21)6-14(22)25-16/h3-5,7,13-14,25H,6,22H2,1-2H3,(H,24,26). The van der Waals surface area contributed by atoms with Gasteiger partial charge in [0.2, 0.25) is 0 Å². The lowest BCUT2D eigenvalue weighted by Crippen LogP contribution is -2.47. The Morgan fingerprint density at radius 1 is 1.44 bits per heavy atom. The van der Waals surface area contributed by atoms with Crippen LogP contribution in [0.1, 0.15) is 35.3 Å². The van der Waals surface area contributed by atoms with Crippen molar-refractivity contribution in [2.75, 3.05) is 5.32 Å². The number of hydrogen-bond donors (Lipinski definition) is 3. The average molecular weight is 386 g/mol. The van der Waals surface area contributed by atoms with Gasteiger partial charge in [-0.3, -0.25) is 10.1 Å². The van der Waals surface area contributed by atoms with E-state index in [2.05, 4.69) is 15.6 Å². The zero-order valence-corrected chi connectivity index (χ0v) is 14.5. The smallest absolute Gasteiger partial charge is 0.394 e. The first-order valence-electron chi connectivity index (χ1n) is 8.14. The number of nitrogens with one attached hydrogen (secondary N) is 2. The minimum absolute atomic E-state index is 0.00114. The molecule has 2 heterocycles. The van der Waals surface area contributed by atoms with Crippen molar-refractivity contribution in [2.45, 2.75) is 38.1 Å². The fourth-order valence-corrected chi connectivity index (χ4v) is 3.42. The first-order chi connectivity index (χ1) is 12.5. The number of halogens is 4. The molecule has 0 spiro atoms. The van der Waals surface area contributed by atoms with Gasteiger partial charge in [-0.15, -0.1) is 0 Å². The molecular weight excluding hydrogens is 368 g/mol. The van der Waals surface area contributed by atoms with Crippen molar-refractivity contribution in [1.82, 2.24) is 10.3 Å². The molecule has 0 saturated carbocycles. The number of oxazole rings is 1. The number of nitrogens with zero attached hydrogens (tertiary/aromatic N) is 1. The van der Waals surface area contributed by atoms with Gasteiger partial charge in [-0.05, 0) is 31.5 Å². The maximum atomic E-state index is 14.4. The molecule has 1 fully saturated rings. The molecular formula is C17H18F4N4O2. The van der Waals surface area contributed by atoms with Gasteiger partial charge in [0.25, 0.3) is 5.91 Å². The van der Waals surface area contributed by atoms with E-state index >= 15 is 0 Å². The first-order valence-corrected chi connectivity index (χ1v) is 8.14. The van der Waals surface area contributed by atoms with Crippen LogP contribution in [0.3, 0.4) is 0 Å². The number of carbonyl (C=O) groups excluding carboxylic acids is 1. The van der Waals surface area contributed by atoms with E-state index in [0.29, 0.717) is 0 Å². The number of benzene rings is 1. The Balaban J connectivity index is 1.94. The molecule has 27 heavy (non-hydrogen) atoms. The van der Waals surface area contributed by atoms with Crippen LogP contribution in [-0.4, -0.2) is 23.2 Å². The molecule has 0 bridgehead atoms. The molecule has 1 aromatic carbocycles. The highest BCUT2D eigenvalue weighted by Crippen LogP contribution is 2.47. The van der Waals surface area contributed by atoms with Crippen molar-refractivity contribution < 1.29 is 26.8 Å². The molecule has 0 aliphatic carbocycles. The molecule has 1 saturated heterocycles. The summed E-state index contributed by atoms with van der Waals surface area (Å²) in [6.07, 6.45) is -4.74. The van der Waals surface area contributed by atoms with Gasteiger partial charge in [0.15, 0.2) is 11.6 Å². The Morgan fingerprint density at radius 3 is 2.74 bits per heavy atom. The van der Waals surface area contributed by atoms with Gasteiger partial charge < -0.3 is 15.5 Å². The van der Waals surface area contributed by atoms with Gasteiger partial charge in [-0.2, -0.15) is 13.2 Å². The third kappa shape index (κ3) is 3.67. The van der Waals surface area contributed by atoms with E-state index in [1.54, 1.807) is 6.92 Å². The van der Waals surface area contributed by atoms with E-state index < -0.39 is 35.5 Å². The maximum absolute atomic E-state index is 14.4. The number of amides is 1. The number of anilines is 1. The summed E-state index contributed by atoms with van der Waals surface area (Å²) in [5.74, 6) is -3.05. The van der Waals surface area contributed by atoms with E-state index in [0.717, 1.165) is 12.3 Å². The Bertz CT molecular complexity index is 867. The number of aromatic nitrogens is 1. The minimum atomic E-state index is -4.57. The number of nitrogens with two attached hydrogens (primary N) is 1. The largest absolute Gasteiger partial charge is 0.448 e. The lowest BCUT2D eigenvalue weighted by atomic mass is 9.80. The van der Waals surface area contributed by atoms with Gasteiger partial charge >= 0.3 is 6.18 Å². The zero-order valence-electron chi connectivity index (χ0n) is 14.5. The molecule has 1 aliphatic heterocycles. The van der Waals surface area contributed by atoms with Crippen molar-refractivity contribution in [3.8, 4) is 0 Å². The molecule has 1 amide bonds. The Kier molecular flexibility index (Phi) is 4.73. The van der Waals surface area contributed by atoms with Crippen molar-refractivity contribution in [2.24, 2.45) is 11.7 Å². The fourth-order valence-electron chi connectivity index (χ4n) is 3.42. The highest BCUT2D eigenvalue weighted by atomic mass is 19.4. The number of rotatable bonds is 3. The summed E-state index contributed by atoms with van der Waals surface area (Å²) >= 11 is 0. The summed E-state index contributed by atoms with van der Waals surface area (Å²) in [5, 5.41) is 5.11. The quantitative estimate of drug-likeness (QED) is 0.705. The third-order valence-corrected chi connectivity index (χ3v) is 4.70. The normalized spacial score (nSPS) is 25.6. The molecule has 3 rings (SSSR count). The highest BCUT2D eigenvalue weighted by molar-refractivity contribution is 6.02. The summed E-state index contributed by atoms with van der Waals surface area (Å²) < 4.78 is 59.8. The summed E-state index contributed by atoms with van der Waals surface area (Å²) in [7, 11) is 0. The van der Waals surface area contributed by atoms with Crippen molar-refractivity contribution >= 4 is 11.6 Å². The van der Waals surface area contributed by atoms with Crippen LogP contribution < -0.4 is 16.4 Å². The number of alkyl halides is 3. The summed E-state index contributed by atoms with van der Waals surface area (Å²) in [5.41, 5.74) is 3.78. The van der Waals surface area contributed by atoms with Crippen LogP contribution in [0.2, 0.25) is 0 Å². The van der Waals surface area contributed by atoms with Crippen LogP contribution in [0.15, 0.2) is 28.9 Å². The lowest BCUT2D eigenvalue weighted by molar-refractivity contribution is -0.188. The van der Waals surface area contributed by atoms with Crippen LogP contribution in [-0.2, 0) is 5.54 Å². The van der Waals surface area contributed by atoms with Crippen LogP contribution >= 0.6 is 0 Å². The molecule has 4 N–H and O–H groups in total. The molecule has 146 valence electrons. The van der Waals surface area contributed by atoms with Gasteiger partial charge in [0, 0.05) is 18.2 Å². The van der Waals surface area contributed by atoms with Crippen LogP contribution in [0.4, 0.5) is 23.2 Å². The highest BCUT2D eigenvalue weighted by Gasteiger charge is 2.57. The molecule has 6 nitrogen and oxygen atoms in total. The van der Waals surface area contributed by atoms with E-state index in [4.69, 9.17) is 10.2 Å². The summed E-state index contributed by atoms with van der Waals surface area (Å²) in [6, 6.07) is 3.43. The van der Waals surface area contributed by atoms with Gasteiger partial charge in [0.1, 0.15) is 12.1 Å². The van der Waals surface area contributed by atoms with Crippen molar-refractivity contribution in [3.63, 3.8) is 0 Å². The van der Waals surface area contributed by atoms with Crippen LogP contribution in [0.5, 0.6) is 0 Å². The van der Waals surface area contributed by atoms with E-state index in [1.807, 2.05) is 0 Å². The predicted molar refractivity (Wildman–Crippen MR) is 88.2 cm³/mol. The number of hydrogen-bond acceptors (Lipinski definition) is 5. The van der Waals surface area contributed by atoms with Gasteiger partial charge in [-0.1, -0.05) is 0 Å². The van der Waals surface area contributed by atoms with Crippen LogP contribution in [0.25, 0.3) is 0 Å². The Morgan fingerprint density at radius 2 is 2.15 bits per heavy atom.